The molecule has 3 nitrogen and oxygen atoms in total. The number of aliphatic carboxylic acids is 1. The first kappa shape index (κ1) is 14.4. The summed E-state index contributed by atoms with van der Waals surface area (Å²) in [6.07, 6.45) is 6.28. The van der Waals surface area contributed by atoms with E-state index >= 15 is 0 Å². The summed E-state index contributed by atoms with van der Waals surface area (Å²) in [5, 5.41) is 17.7. The molecule has 1 aliphatic carbocycles. The number of aliphatic hydroxyl groups excluding tert-OH is 1. The van der Waals surface area contributed by atoms with Gasteiger partial charge in [0.25, 0.3) is 0 Å². The predicted octanol–water partition coefficient (Wildman–Crippen LogP) is 1.41. The molecule has 1 aliphatic rings. The Morgan fingerprint density at radius 3 is 2.21 bits per heavy atom. The smallest absolute Gasteiger partial charge is 0.303 e. The van der Waals surface area contributed by atoms with Crippen molar-refractivity contribution >= 4 is 35.5 Å². The minimum atomic E-state index is -0.727. The van der Waals surface area contributed by atoms with Crippen LogP contribution >= 0.6 is 0 Å². The van der Waals surface area contributed by atoms with Gasteiger partial charge in [-0.05, 0) is 24.7 Å². The standard InChI is InChI=1S/C10H18O3.Na/c11-7-6-10(8-9(12)13)4-2-1-3-5-10;/h11H,1-8H2,(H,12,13);. The fourth-order valence-electron chi connectivity index (χ4n) is 2.37. The summed E-state index contributed by atoms with van der Waals surface area (Å²) < 4.78 is 0. The van der Waals surface area contributed by atoms with E-state index in [9.17, 15) is 4.79 Å². The quantitative estimate of drug-likeness (QED) is 0.688. The molecule has 4 heteroatoms. The number of hydrogen-bond donors (Lipinski definition) is 2. The normalized spacial score (nSPS) is 19.8. The minimum Gasteiger partial charge on any atom is -0.481 e. The molecule has 1 rings (SSSR count). The van der Waals surface area contributed by atoms with Gasteiger partial charge in [0.15, 0.2) is 0 Å². The molecule has 0 aromatic rings. The molecule has 0 spiro atoms. The molecule has 0 heterocycles. The first-order valence-electron chi connectivity index (χ1n) is 5.01. The summed E-state index contributed by atoms with van der Waals surface area (Å²) in [7, 11) is 0. The van der Waals surface area contributed by atoms with Crippen LogP contribution < -0.4 is 0 Å². The molecular weight excluding hydrogens is 191 g/mol. The fraction of sp³-hybridized carbons (Fsp3) is 0.900. The first-order chi connectivity index (χ1) is 6.18. The van der Waals surface area contributed by atoms with Crippen LogP contribution in [0.5, 0.6) is 0 Å². The van der Waals surface area contributed by atoms with Crippen molar-refractivity contribution in [2.45, 2.75) is 44.9 Å². The second kappa shape index (κ2) is 6.83. The second-order valence-corrected chi connectivity index (χ2v) is 4.10. The second-order valence-electron chi connectivity index (χ2n) is 4.10. The SMILES string of the molecule is O=C(O)CC1(CCO)CCCCC1.[Na]. The molecule has 1 saturated carbocycles. The molecule has 14 heavy (non-hydrogen) atoms. The Kier molecular flexibility index (Phi) is 7.04. The van der Waals surface area contributed by atoms with E-state index in [0.717, 1.165) is 25.7 Å². The average molecular weight is 209 g/mol. The Balaban J connectivity index is 0.00000169. The predicted molar refractivity (Wildman–Crippen MR) is 55.2 cm³/mol. The third-order valence-corrected chi connectivity index (χ3v) is 3.08. The monoisotopic (exact) mass is 209 g/mol. The number of aliphatic hydroxyl groups is 1. The summed E-state index contributed by atoms with van der Waals surface area (Å²) >= 11 is 0. The maximum Gasteiger partial charge on any atom is 0.303 e. The fourth-order valence-corrected chi connectivity index (χ4v) is 2.37. The van der Waals surface area contributed by atoms with Crippen molar-refractivity contribution in [1.29, 1.82) is 0 Å². The van der Waals surface area contributed by atoms with E-state index < -0.39 is 5.97 Å². The van der Waals surface area contributed by atoms with Gasteiger partial charge in [-0.25, -0.2) is 0 Å². The Bertz CT molecular complexity index is 171. The molecule has 0 aromatic heterocycles. The van der Waals surface area contributed by atoms with Crippen LogP contribution in [0.2, 0.25) is 0 Å². The maximum atomic E-state index is 10.7. The van der Waals surface area contributed by atoms with Crippen molar-refractivity contribution in [2.75, 3.05) is 6.61 Å². The van der Waals surface area contributed by atoms with Gasteiger partial charge < -0.3 is 10.2 Å². The van der Waals surface area contributed by atoms with E-state index in [2.05, 4.69) is 0 Å². The third kappa shape index (κ3) is 4.30. The van der Waals surface area contributed by atoms with Crippen molar-refractivity contribution in [3.8, 4) is 0 Å². The number of carboxylic acids is 1. The van der Waals surface area contributed by atoms with E-state index in [-0.39, 0.29) is 48.0 Å². The van der Waals surface area contributed by atoms with Crippen LogP contribution in [0.25, 0.3) is 0 Å². The molecular formula is C10H18NaO3. The third-order valence-electron chi connectivity index (χ3n) is 3.08. The van der Waals surface area contributed by atoms with Crippen molar-refractivity contribution in [1.82, 2.24) is 0 Å². The molecule has 0 saturated heterocycles. The topological polar surface area (TPSA) is 57.5 Å². The van der Waals surface area contributed by atoms with Gasteiger partial charge in [0.1, 0.15) is 0 Å². The molecule has 1 radical (unpaired) electrons. The average Bonchev–Trinajstić information content (AvgIpc) is 2.04. The van der Waals surface area contributed by atoms with Gasteiger partial charge in [-0.3, -0.25) is 4.79 Å². The molecule has 0 unspecified atom stereocenters. The molecule has 0 aliphatic heterocycles. The largest absolute Gasteiger partial charge is 0.481 e. The van der Waals surface area contributed by atoms with E-state index in [0.29, 0.717) is 6.42 Å². The van der Waals surface area contributed by atoms with Crippen LogP contribution in [-0.4, -0.2) is 52.3 Å². The van der Waals surface area contributed by atoms with Gasteiger partial charge in [-0.15, -0.1) is 0 Å². The van der Waals surface area contributed by atoms with Crippen LogP contribution in [0.15, 0.2) is 0 Å². The van der Waals surface area contributed by atoms with Crippen LogP contribution in [0.3, 0.4) is 0 Å². The van der Waals surface area contributed by atoms with E-state index in [1.807, 2.05) is 0 Å². The number of hydrogen-bond acceptors (Lipinski definition) is 2. The summed E-state index contributed by atoms with van der Waals surface area (Å²) in [6, 6.07) is 0. The van der Waals surface area contributed by atoms with Crippen molar-refractivity contribution in [3.63, 3.8) is 0 Å². The molecule has 77 valence electrons. The summed E-state index contributed by atoms with van der Waals surface area (Å²) in [4.78, 5) is 10.7. The van der Waals surface area contributed by atoms with Crippen LogP contribution in [0.1, 0.15) is 44.9 Å². The maximum absolute atomic E-state index is 10.7. The van der Waals surface area contributed by atoms with Gasteiger partial charge >= 0.3 is 5.97 Å². The van der Waals surface area contributed by atoms with Gasteiger partial charge in [0.05, 0.1) is 6.42 Å². The minimum absolute atomic E-state index is 0. The number of rotatable bonds is 4. The van der Waals surface area contributed by atoms with E-state index in [4.69, 9.17) is 10.2 Å². The Morgan fingerprint density at radius 2 is 1.79 bits per heavy atom. The van der Waals surface area contributed by atoms with Crippen LogP contribution in [-0.2, 0) is 4.79 Å². The molecule has 1 fully saturated rings. The summed E-state index contributed by atoms with van der Waals surface area (Å²) in [5.41, 5.74) is -0.0984. The number of carbonyl (C=O) groups is 1. The Labute approximate surface area is 107 Å². The number of carboxylic acid groups (broad SMARTS) is 1. The zero-order chi connectivity index (χ0) is 9.73. The van der Waals surface area contributed by atoms with Crippen molar-refractivity contribution in [2.24, 2.45) is 5.41 Å². The van der Waals surface area contributed by atoms with E-state index in [1.165, 1.54) is 6.42 Å². The molecule has 2 N–H and O–H groups in total. The van der Waals surface area contributed by atoms with Crippen LogP contribution in [0.4, 0.5) is 0 Å². The van der Waals surface area contributed by atoms with E-state index in [1.54, 1.807) is 0 Å². The Morgan fingerprint density at radius 1 is 1.21 bits per heavy atom. The van der Waals surface area contributed by atoms with Gasteiger partial charge in [-0.1, -0.05) is 19.3 Å². The van der Waals surface area contributed by atoms with Crippen molar-refractivity contribution in [3.05, 3.63) is 0 Å². The molecule has 0 amide bonds. The molecule has 0 aromatic carbocycles. The van der Waals surface area contributed by atoms with Gasteiger partial charge in [-0.2, -0.15) is 0 Å². The molecule has 0 atom stereocenters. The summed E-state index contributed by atoms with van der Waals surface area (Å²) in [6.45, 7) is 0.118. The van der Waals surface area contributed by atoms with Gasteiger partial charge in [0, 0.05) is 36.2 Å². The summed E-state index contributed by atoms with van der Waals surface area (Å²) in [5.74, 6) is -0.727. The first-order valence-corrected chi connectivity index (χ1v) is 5.01. The zero-order valence-corrected chi connectivity index (χ0v) is 11.0. The van der Waals surface area contributed by atoms with Crippen molar-refractivity contribution < 1.29 is 15.0 Å². The van der Waals surface area contributed by atoms with Crippen LogP contribution in [0, 0.1) is 5.41 Å². The Hall–Kier alpha value is 0.430. The molecule has 0 bridgehead atoms. The zero-order valence-electron chi connectivity index (χ0n) is 8.96. The van der Waals surface area contributed by atoms with Gasteiger partial charge in [0.2, 0.25) is 0 Å².